The van der Waals surface area contributed by atoms with Gasteiger partial charge >= 0.3 is 11.9 Å². The molecule has 0 aromatic carbocycles. The summed E-state index contributed by atoms with van der Waals surface area (Å²) in [5, 5.41) is 14.5. The molecule has 1 atom stereocenters. The number of rotatable bonds is 2. The number of carboxylic acid groups (broad SMARTS) is 1. The van der Waals surface area contributed by atoms with Crippen molar-refractivity contribution in [2.45, 2.75) is 26.8 Å². The lowest BCUT2D eigenvalue weighted by molar-refractivity contribution is -0.150. The lowest BCUT2D eigenvalue weighted by atomic mass is 10.1. The predicted molar refractivity (Wildman–Crippen MR) is 50.2 cm³/mol. The van der Waals surface area contributed by atoms with Crippen molar-refractivity contribution >= 4 is 11.9 Å². The van der Waals surface area contributed by atoms with Crippen molar-refractivity contribution in [3.05, 3.63) is 17.0 Å². The predicted octanol–water partition coefficient (Wildman–Crippen LogP) is 0.553. The van der Waals surface area contributed by atoms with Crippen LogP contribution < -0.4 is 5.32 Å². The molecule has 1 rings (SSSR count). The molecule has 15 heavy (non-hydrogen) atoms. The first-order valence-electron chi connectivity index (χ1n) is 4.40. The molecule has 0 fully saturated rings. The summed E-state index contributed by atoms with van der Waals surface area (Å²) >= 11 is 0. The van der Waals surface area contributed by atoms with E-state index in [1.54, 1.807) is 20.8 Å². The Labute approximate surface area is 86.3 Å². The van der Waals surface area contributed by atoms with E-state index in [1.807, 2.05) is 0 Å². The molecule has 0 aliphatic carbocycles. The maximum Gasteiger partial charge on any atom is 0.394 e. The van der Waals surface area contributed by atoms with Gasteiger partial charge in [-0.1, -0.05) is 5.16 Å². The summed E-state index contributed by atoms with van der Waals surface area (Å²) in [5.74, 6) is -1.97. The minimum Gasteiger partial charge on any atom is -0.474 e. The molecule has 1 heterocycles. The quantitative estimate of drug-likeness (QED) is 0.698. The monoisotopic (exact) mass is 212 g/mol. The normalized spacial score (nSPS) is 12.2. The third-order valence-corrected chi connectivity index (χ3v) is 2.06. The number of nitrogens with one attached hydrogen (secondary N) is 1. The Balaban J connectivity index is 2.82. The van der Waals surface area contributed by atoms with Crippen molar-refractivity contribution < 1.29 is 19.2 Å². The van der Waals surface area contributed by atoms with E-state index in [4.69, 9.17) is 9.63 Å². The van der Waals surface area contributed by atoms with Gasteiger partial charge in [0.1, 0.15) is 5.76 Å². The molecule has 0 saturated carbocycles. The zero-order valence-electron chi connectivity index (χ0n) is 8.70. The van der Waals surface area contributed by atoms with Crippen LogP contribution >= 0.6 is 0 Å². The zero-order valence-corrected chi connectivity index (χ0v) is 8.70. The molecule has 6 nitrogen and oxygen atoms in total. The second kappa shape index (κ2) is 4.12. The molecule has 82 valence electrons. The summed E-state index contributed by atoms with van der Waals surface area (Å²) in [6.07, 6.45) is 0. The highest BCUT2D eigenvalue weighted by Gasteiger charge is 2.20. The summed E-state index contributed by atoms with van der Waals surface area (Å²) in [5.41, 5.74) is 1.36. The molecule has 0 aliphatic heterocycles. The summed E-state index contributed by atoms with van der Waals surface area (Å²) in [6, 6.07) is -0.431. The van der Waals surface area contributed by atoms with Crippen LogP contribution in [0.25, 0.3) is 0 Å². The van der Waals surface area contributed by atoms with Crippen LogP contribution in [0.1, 0.15) is 30.0 Å². The van der Waals surface area contributed by atoms with Gasteiger partial charge in [-0.15, -0.1) is 0 Å². The third-order valence-electron chi connectivity index (χ3n) is 2.06. The fourth-order valence-electron chi connectivity index (χ4n) is 1.44. The van der Waals surface area contributed by atoms with E-state index in [1.165, 1.54) is 0 Å². The molecule has 0 aliphatic rings. The Morgan fingerprint density at radius 3 is 2.47 bits per heavy atom. The number of hydrogen-bond donors (Lipinski definition) is 2. The van der Waals surface area contributed by atoms with E-state index in [0.717, 1.165) is 0 Å². The van der Waals surface area contributed by atoms with Gasteiger partial charge in [-0.3, -0.25) is 4.79 Å². The van der Waals surface area contributed by atoms with Crippen molar-refractivity contribution in [1.29, 1.82) is 0 Å². The second-order valence-corrected chi connectivity index (χ2v) is 3.24. The van der Waals surface area contributed by atoms with Gasteiger partial charge in [0.05, 0.1) is 11.7 Å². The van der Waals surface area contributed by atoms with Gasteiger partial charge < -0.3 is 14.9 Å². The number of carbonyl (C=O) groups is 2. The van der Waals surface area contributed by atoms with Gasteiger partial charge in [-0.2, -0.15) is 0 Å². The fraction of sp³-hybridized carbons (Fsp3) is 0.444. The number of nitrogens with zero attached hydrogens (tertiary/aromatic N) is 1. The van der Waals surface area contributed by atoms with E-state index >= 15 is 0 Å². The number of aliphatic carboxylic acids is 1. The van der Waals surface area contributed by atoms with E-state index in [2.05, 4.69) is 10.5 Å². The van der Waals surface area contributed by atoms with Crippen LogP contribution in [0.3, 0.4) is 0 Å². The molecule has 6 heteroatoms. The average molecular weight is 212 g/mol. The summed E-state index contributed by atoms with van der Waals surface area (Å²) in [7, 11) is 0. The van der Waals surface area contributed by atoms with Gasteiger partial charge in [0, 0.05) is 5.56 Å². The van der Waals surface area contributed by atoms with Gasteiger partial charge in [-0.25, -0.2) is 4.79 Å². The number of aryl methyl sites for hydroxylation is 2. The number of hydrogen-bond acceptors (Lipinski definition) is 4. The molecule has 0 spiro atoms. The van der Waals surface area contributed by atoms with Crippen molar-refractivity contribution in [2.24, 2.45) is 0 Å². The number of carbonyl (C=O) groups excluding carboxylic acids is 1. The Morgan fingerprint density at radius 2 is 2.07 bits per heavy atom. The van der Waals surface area contributed by atoms with E-state index in [-0.39, 0.29) is 0 Å². The molecule has 0 radical (unpaired) electrons. The topological polar surface area (TPSA) is 92.4 Å². The second-order valence-electron chi connectivity index (χ2n) is 3.24. The molecule has 1 amide bonds. The Kier molecular flexibility index (Phi) is 3.08. The Bertz CT molecular complexity index is 377. The first kappa shape index (κ1) is 11.2. The molecular weight excluding hydrogens is 200 g/mol. The van der Waals surface area contributed by atoms with Crippen LogP contribution in [-0.2, 0) is 9.59 Å². The first-order valence-corrected chi connectivity index (χ1v) is 4.40. The van der Waals surface area contributed by atoms with Crippen molar-refractivity contribution in [1.82, 2.24) is 10.5 Å². The van der Waals surface area contributed by atoms with Gasteiger partial charge in [0.15, 0.2) is 0 Å². The molecule has 0 saturated heterocycles. The van der Waals surface area contributed by atoms with Crippen LogP contribution in [0.2, 0.25) is 0 Å². The smallest absolute Gasteiger partial charge is 0.394 e. The SMILES string of the molecule is Cc1noc(C)c1C(C)NC(=O)C(=O)O. The average Bonchev–Trinajstić information content (AvgIpc) is 2.45. The van der Waals surface area contributed by atoms with E-state index in [9.17, 15) is 9.59 Å². The van der Waals surface area contributed by atoms with Crippen LogP contribution in [0.15, 0.2) is 4.52 Å². The number of amides is 1. The van der Waals surface area contributed by atoms with E-state index < -0.39 is 17.9 Å². The molecular formula is C9H12N2O4. The summed E-state index contributed by atoms with van der Waals surface area (Å²) in [6.45, 7) is 5.11. The molecule has 1 aromatic rings. The molecule has 0 bridgehead atoms. The number of aromatic nitrogens is 1. The van der Waals surface area contributed by atoms with Crippen LogP contribution in [-0.4, -0.2) is 22.1 Å². The minimum absolute atomic E-state index is 0.431. The highest BCUT2D eigenvalue weighted by Crippen LogP contribution is 2.20. The molecule has 1 aromatic heterocycles. The minimum atomic E-state index is -1.51. The van der Waals surface area contributed by atoms with Crippen LogP contribution in [0.5, 0.6) is 0 Å². The lowest BCUT2D eigenvalue weighted by Gasteiger charge is -2.11. The Hall–Kier alpha value is -1.85. The molecule has 2 N–H and O–H groups in total. The van der Waals surface area contributed by atoms with E-state index in [0.29, 0.717) is 17.0 Å². The maximum atomic E-state index is 10.9. The number of carboxylic acids is 1. The first-order chi connectivity index (χ1) is 6.93. The highest BCUT2D eigenvalue weighted by molar-refractivity contribution is 6.31. The molecule has 1 unspecified atom stereocenters. The van der Waals surface area contributed by atoms with Crippen molar-refractivity contribution in [3.63, 3.8) is 0 Å². The van der Waals surface area contributed by atoms with Gasteiger partial charge in [-0.05, 0) is 20.8 Å². The van der Waals surface area contributed by atoms with Crippen molar-refractivity contribution in [2.75, 3.05) is 0 Å². The summed E-state index contributed by atoms with van der Waals surface area (Å²) in [4.78, 5) is 21.2. The lowest BCUT2D eigenvalue weighted by Crippen LogP contribution is -2.33. The van der Waals surface area contributed by atoms with Gasteiger partial charge in [0.25, 0.3) is 0 Å². The fourth-order valence-corrected chi connectivity index (χ4v) is 1.44. The van der Waals surface area contributed by atoms with Crippen LogP contribution in [0.4, 0.5) is 0 Å². The third kappa shape index (κ3) is 2.34. The van der Waals surface area contributed by atoms with Gasteiger partial charge in [0.2, 0.25) is 0 Å². The zero-order chi connectivity index (χ0) is 11.6. The van der Waals surface area contributed by atoms with Crippen molar-refractivity contribution in [3.8, 4) is 0 Å². The highest BCUT2D eigenvalue weighted by atomic mass is 16.5. The van der Waals surface area contributed by atoms with Crippen LogP contribution in [0, 0.1) is 13.8 Å². The Morgan fingerprint density at radius 1 is 1.47 bits per heavy atom. The largest absolute Gasteiger partial charge is 0.474 e. The standard InChI is InChI=1S/C9H12N2O4/c1-4(10-8(12)9(13)14)7-5(2)11-15-6(7)3/h4H,1-3H3,(H,10,12)(H,13,14). The summed E-state index contributed by atoms with van der Waals surface area (Å²) < 4.78 is 4.91. The maximum absolute atomic E-state index is 10.9.